The van der Waals surface area contributed by atoms with Gasteiger partial charge in [-0.1, -0.05) is 25.5 Å². The van der Waals surface area contributed by atoms with E-state index in [1.807, 2.05) is 4.90 Å². The largest absolute Gasteiger partial charge is 0.363 e. The molecule has 0 saturated carbocycles. The second-order valence-corrected chi connectivity index (χ2v) is 8.38. The van der Waals surface area contributed by atoms with E-state index in [4.69, 9.17) is 12.2 Å². The fourth-order valence-electron chi connectivity index (χ4n) is 2.63. The molecular formula is C17H25N3O3S2. The number of ketones is 1. The highest BCUT2D eigenvalue weighted by Gasteiger charge is 2.29. The Morgan fingerprint density at radius 2 is 1.76 bits per heavy atom. The molecular weight excluding hydrogens is 358 g/mol. The molecule has 25 heavy (non-hydrogen) atoms. The summed E-state index contributed by atoms with van der Waals surface area (Å²) in [4.78, 5) is 13.5. The van der Waals surface area contributed by atoms with Crippen LogP contribution >= 0.6 is 12.2 Å². The van der Waals surface area contributed by atoms with Gasteiger partial charge >= 0.3 is 0 Å². The minimum atomic E-state index is -3.54. The lowest BCUT2D eigenvalue weighted by molar-refractivity contribution is 0.101. The summed E-state index contributed by atoms with van der Waals surface area (Å²) >= 11 is 5.37. The first kappa shape index (κ1) is 19.8. The highest BCUT2D eigenvalue weighted by Crippen LogP contribution is 2.18. The third-order valence-corrected chi connectivity index (χ3v) is 6.55. The first-order valence-corrected chi connectivity index (χ1v) is 10.3. The molecule has 1 aliphatic rings. The molecule has 0 amide bonds. The fraction of sp³-hybridized carbons (Fsp3) is 0.529. The summed E-state index contributed by atoms with van der Waals surface area (Å²) in [5, 5.41) is 3.90. The average molecular weight is 384 g/mol. The van der Waals surface area contributed by atoms with E-state index >= 15 is 0 Å². The molecule has 1 heterocycles. The Bertz CT molecular complexity index is 709. The lowest BCUT2D eigenvalue weighted by atomic mass is 10.2. The molecule has 0 aliphatic carbocycles. The van der Waals surface area contributed by atoms with Crippen LogP contribution in [0.4, 0.5) is 0 Å². The molecule has 0 radical (unpaired) electrons. The number of carbonyl (C=O) groups excluding carboxylic acids is 1. The molecule has 0 spiro atoms. The van der Waals surface area contributed by atoms with Gasteiger partial charge in [-0.05, 0) is 37.7 Å². The fourth-order valence-corrected chi connectivity index (χ4v) is 4.33. The van der Waals surface area contributed by atoms with Gasteiger partial charge in [0.15, 0.2) is 10.9 Å². The summed E-state index contributed by atoms with van der Waals surface area (Å²) in [7, 11) is -3.54. The Morgan fingerprint density at radius 1 is 1.16 bits per heavy atom. The van der Waals surface area contributed by atoms with Gasteiger partial charge in [0.1, 0.15) is 0 Å². The van der Waals surface area contributed by atoms with Crippen LogP contribution in [0.3, 0.4) is 0 Å². The monoisotopic (exact) mass is 383 g/mol. The Labute approximate surface area is 155 Å². The predicted octanol–water partition coefficient (Wildman–Crippen LogP) is 1.87. The Kier molecular flexibility index (Phi) is 6.92. The van der Waals surface area contributed by atoms with Crippen LogP contribution in [-0.4, -0.2) is 61.2 Å². The van der Waals surface area contributed by atoms with Crippen LogP contribution in [-0.2, 0) is 10.0 Å². The number of sulfonamides is 1. The van der Waals surface area contributed by atoms with Crippen LogP contribution in [0.2, 0.25) is 0 Å². The number of nitrogens with zero attached hydrogens (tertiary/aromatic N) is 2. The number of benzene rings is 1. The maximum absolute atomic E-state index is 12.7. The van der Waals surface area contributed by atoms with Crippen LogP contribution in [0, 0.1) is 0 Å². The molecule has 0 atom stereocenters. The number of carbonyl (C=O) groups is 1. The topological polar surface area (TPSA) is 69.7 Å². The molecule has 0 bridgehead atoms. The van der Waals surface area contributed by atoms with E-state index < -0.39 is 10.0 Å². The highest BCUT2D eigenvalue weighted by molar-refractivity contribution is 7.89. The van der Waals surface area contributed by atoms with Gasteiger partial charge < -0.3 is 10.2 Å². The lowest BCUT2D eigenvalue weighted by Gasteiger charge is -2.35. The Hall–Kier alpha value is -1.51. The van der Waals surface area contributed by atoms with Crippen molar-refractivity contribution in [2.24, 2.45) is 0 Å². The standard InChI is InChI=1S/C17H25N3O3S2/c1-3-4-9-18-17(24)19-10-12-20(13-11-19)25(22,23)16-7-5-15(6-8-16)14(2)21/h5-8H,3-4,9-13H2,1-2H3,(H,18,24). The normalized spacial score (nSPS) is 15.8. The second kappa shape index (κ2) is 8.73. The number of hydrogen-bond donors (Lipinski definition) is 1. The van der Waals surface area contributed by atoms with Gasteiger partial charge in [0.25, 0.3) is 0 Å². The van der Waals surface area contributed by atoms with Crippen molar-refractivity contribution in [3.8, 4) is 0 Å². The molecule has 2 rings (SSSR count). The number of rotatable bonds is 6. The third-order valence-electron chi connectivity index (χ3n) is 4.23. The van der Waals surface area contributed by atoms with Crippen molar-refractivity contribution in [3.05, 3.63) is 29.8 Å². The number of piperazine rings is 1. The van der Waals surface area contributed by atoms with Crippen LogP contribution < -0.4 is 5.32 Å². The highest BCUT2D eigenvalue weighted by atomic mass is 32.2. The van der Waals surface area contributed by atoms with E-state index in [2.05, 4.69) is 12.2 Å². The number of nitrogens with one attached hydrogen (secondary N) is 1. The summed E-state index contributed by atoms with van der Waals surface area (Å²) < 4.78 is 26.9. The molecule has 0 unspecified atom stereocenters. The minimum Gasteiger partial charge on any atom is -0.363 e. The Morgan fingerprint density at radius 3 is 2.28 bits per heavy atom. The van der Waals surface area contributed by atoms with Crippen LogP contribution in [0.15, 0.2) is 29.2 Å². The van der Waals surface area contributed by atoms with Gasteiger partial charge in [-0.25, -0.2) is 8.42 Å². The molecule has 8 heteroatoms. The molecule has 6 nitrogen and oxygen atoms in total. The van der Waals surface area contributed by atoms with Gasteiger partial charge in [-0.3, -0.25) is 4.79 Å². The van der Waals surface area contributed by atoms with Crippen LogP contribution in [0.25, 0.3) is 0 Å². The van der Waals surface area contributed by atoms with Crippen LogP contribution in [0.1, 0.15) is 37.0 Å². The molecule has 1 aliphatic heterocycles. The van der Waals surface area contributed by atoms with Gasteiger partial charge in [-0.15, -0.1) is 0 Å². The summed E-state index contributed by atoms with van der Waals surface area (Å²) in [6, 6.07) is 6.10. The smallest absolute Gasteiger partial charge is 0.243 e. The average Bonchev–Trinajstić information content (AvgIpc) is 2.62. The molecule has 138 valence electrons. The summed E-state index contributed by atoms with van der Waals surface area (Å²) in [6.07, 6.45) is 2.16. The van der Waals surface area contributed by atoms with E-state index in [9.17, 15) is 13.2 Å². The number of unbranched alkanes of at least 4 members (excludes halogenated alkanes) is 1. The minimum absolute atomic E-state index is 0.0818. The summed E-state index contributed by atoms with van der Waals surface area (Å²) in [6.45, 7) is 6.36. The first-order chi connectivity index (χ1) is 11.9. The van der Waals surface area contributed by atoms with Crippen molar-refractivity contribution in [1.82, 2.24) is 14.5 Å². The summed E-state index contributed by atoms with van der Waals surface area (Å²) in [5.41, 5.74) is 0.507. The number of hydrogen-bond acceptors (Lipinski definition) is 4. The van der Waals surface area contributed by atoms with E-state index in [0.717, 1.165) is 19.4 Å². The van der Waals surface area contributed by atoms with Crippen molar-refractivity contribution in [2.45, 2.75) is 31.6 Å². The number of Topliss-reactive ketones (excluding diaryl/α,β-unsaturated/α-hetero) is 1. The number of thiocarbonyl (C=S) groups is 1. The van der Waals surface area contributed by atoms with Crippen LogP contribution in [0.5, 0.6) is 0 Å². The molecule has 1 saturated heterocycles. The van der Waals surface area contributed by atoms with Gasteiger partial charge in [0.05, 0.1) is 4.90 Å². The Balaban J connectivity index is 1.96. The van der Waals surface area contributed by atoms with Gasteiger partial charge in [0, 0.05) is 38.3 Å². The second-order valence-electron chi connectivity index (χ2n) is 6.06. The van der Waals surface area contributed by atoms with E-state index in [-0.39, 0.29) is 10.7 Å². The predicted molar refractivity (Wildman–Crippen MR) is 102 cm³/mol. The zero-order valence-corrected chi connectivity index (χ0v) is 16.3. The lowest BCUT2D eigenvalue weighted by Crippen LogP contribution is -2.53. The quantitative estimate of drug-likeness (QED) is 0.459. The third kappa shape index (κ3) is 4.99. The van der Waals surface area contributed by atoms with Gasteiger partial charge in [0.2, 0.25) is 10.0 Å². The molecule has 0 aromatic heterocycles. The SMILES string of the molecule is CCCCNC(=S)N1CCN(S(=O)(=O)c2ccc(C(C)=O)cc2)CC1. The van der Waals surface area contributed by atoms with E-state index in [1.165, 1.54) is 23.4 Å². The summed E-state index contributed by atoms with van der Waals surface area (Å²) in [5.74, 6) is -0.0818. The molecule has 1 N–H and O–H groups in total. The first-order valence-electron chi connectivity index (χ1n) is 8.50. The van der Waals surface area contributed by atoms with Gasteiger partial charge in [-0.2, -0.15) is 4.31 Å². The zero-order chi connectivity index (χ0) is 18.4. The van der Waals surface area contributed by atoms with E-state index in [1.54, 1.807) is 12.1 Å². The van der Waals surface area contributed by atoms with Crippen molar-refractivity contribution >= 4 is 33.1 Å². The van der Waals surface area contributed by atoms with Crippen molar-refractivity contribution in [1.29, 1.82) is 0 Å². The van der Waals surface area contributed by atoms with Crippen molar-refractivity contribution in [2.75, 3.05) is 32.7 Å². The molecule has 1 fully saturated rings. The molecule has 1 aromatic rings. The van der Waals surface area contributed by atoms with E-state index in [0.29, 0.717) is 36.9 Å². The zero-order valence-electron chi connectivity index (χ0n) is 14.7. The maximum atomic E-state index is 12.7. The molecule has 1 aromatic carbocycles. The van der Waals surface area contributed by atoms with Crippen molar-refractivity contribution < 1.29 is 13.2 Å². The van der Waals surface area contributed by atoms with Crippen molar-refractivity contribution in [3.63, 3.8) is 0 Å². The maximum Gasteiger partial charge on any atom is 0.243 e.